The first kappa shape index (κ1) is 33.5. The van der Waals surface area contributed by atoms with Crippen LogP contribution in [0.4, 0.5) is 17.1 Å². The highest BCUT2D eigenvalue weighted by Crippen LogP contribution is 2.63. The fourth-order valence-corrected chi connectivity index (χ4v) is 12.4. The summed E-state index contributed by atoms with van der Waals surface area (Å²) in [5.74, 6) is 1.94. The number of allylic oxidation sites excluding steroid dienone is 2. The average molecular weight is 734 g/mol. The second-order valence-electron chi connectivity index (χ2n) is 18.5. The van der Waals surface area contributed by atoms with Crippen molar-refractivity contribution in [2.75, 3.05) is 4.90 Å². The number of fused-ring (bicyclic) bond motifs is 14. The smallest absolute Gasteiger partial charge is 0.0653 e. The Hall–Kier alpha value is -4.85. The molecule has 1 nitrogen and oxygen atoms in total. The average Bonchev–Trinajstić information content (AvgIpc) is 3.68. The summed E-state index contributed by atoms with van der Waals surface area (Å²) in [6.45, 7) is 14.4. The maximum atomic E-state index is 7.69. The van der Waals surface area contributed by atoms with Crippen LogP contribution in [0.3, 0.4) is 0 Å². The molecular weight excluding hydrogens is 686 g/mol. The fraction of sp³-hybridized carbons (Fsp3) is 0.283. The van der Waals surface area contributed by atoms with Gasteiger partial charge < -0.3 is 4.90 Å². The van der Waals surface area contributed by atoms with Gasteiger partial charge in [0, 0.05) is 27.6 Å². The SMILES string of the molecule is CC1=CC2(c3ccccc3-c3cc(Cl)c(N(c4ccc5c(c4)C(C)(C)c4ccccc4-5)c4ccc5c(c4)C(C)(C)c4ccccc4-5)cc32)C2CC(C)CC1C2. The molecule has 5 aliphatic carbocycles. The van der Waals surface area contributed by atoms with Gasteiger partial charge in [0.05, 0.1) is 10.7 Å². The second-order valence-corrected chi connectivity index (χ2v) is 18.9. The van der Waals surface area contributed by atoms with Crippen molar-refractivity contribution in [2.45, 2.75) is 77.0 Å². The molecule has 0 amide bonds. The third-order valence-corrected chi connectivity index (χ3v) is 15.1. The molecule has 0 aliphatic heterocycles. The molecule has 0 saturated heterocycles. The zero-order valence-electron chi connectivity index (χ0n) is 32.8. The molecular formula is C53H48ClN. The highest BCUT2D eigenvalue weighted by molar-refractivity contribution is 6.34. The molecule has 1 saturated carbocycles. The van der Waals surface area contributed by atoms with Crippen LogP contribution in [0.5, 0.6) is 0 Å². The van der Waals surface area contributed by atoms with E-state index in [0.29, 0.717) is 17.8 Å². The van der Waals surface area contributed by atoms with Crippen LogP contribution in [0.25, 0.3) is 33.4 Å². The summed E-state index contributed by atoms with van der Waals surface area (Å²) in [6, 6.07) is 46.1. The maximum absolute atomic E-state index is 7.69. The Morgan fingerprint density at radius 2 is 1.04 bits per heavy atom. The molecule has 6 aromatic carbocycles. The molecule has 11 rings (SSSR count). The molecule has 0 aromatic heterocycles. The zero-order chi connectivity index (χ0) is 37.6. The van der Waals surface area contributed by atoms with Gasteiger partial charge in [-0.25, -0.2) is 0 Å². The van der Waals surface area contributed by atoms with Gasteiger partial charge in [-0.3, -0.25) is 0 Å². The van der Waals surface area contributed by atoms with Crippen LogP contribution in [0.15, 0.2) is 133 Å². The first-order chi connectivity index (χ1) is 26.5. The van der Waals surface area contributed by atoms with E-state index in [1.807, 2.05) is 0 Å². The predicted octanol–water partition coefficient (Wildman–Crippen LogP) is 14.7. The molecule has 4 unspecified atom stereocenters. The topological polar surface area (TPSA) is 3.24 Å². The Balaban J connectivity index is 1.16. The molecule has 55 heavy (non-hydrogen) atoms. The van der Waals surface area contributed by atoms with Crippen molar-refractivity contribution >= 4 is 28.7 Å². The highest BCUT2D eigenvalue weighted by Gasteiger charge is 2.52. The van der Waals surface area contributed by atoms with Gasteiger partial charge in [0.2, 0.25) is 0 Å². The Labute approximate surface area is 331 Å². The van der Waals surface area contributed by atoms with Crippen LogP contribution < -0.4 is 4.90 Å². The molecule has 1 fully saturated rings. The van der Waals surface area contributed by atoms with Crippen molar-refractivity contribution in [1.29, 1.82) is 0 Å². The summed E-state index contributed by atoms with van der Waals surface area (Å²) in [6.07, 6.45) is 6.49. The highest BCUT2D eigenvalue weighted by atomic mass is 35.5. The van der Waals surface area contributed by atoms with Gasteiger partial charge in [0.15, 0.2) is 0 Å². The van der Waals surface area contributed by atoms with Gasteiger partial charge in [0.25, 0.3) is 0 Å². The van der Waals surface area contributed by atoms with Gasteiger partial charge in [-0.05, 0) is 147 Å². The third-order valence-electron chi connectivity index (χ3n) is 14.8. The Kier molecular flexibility index (Phi) is 6.92. The first-order valence-corrected chi connectivity index (χ1v) is 20.8. The minimum absolute atomic E-state index is 0.124. The lowest BCUT2D eigenvalue weighted by Crippen LogP contribution is -2.42. The monoisotopic (exact) mass is 733 g/mol. The molecule has 2 bridgehead atoms. The summed E-state index contributed by atoms with van der Waals surface area (Å²) in [5.41, 5.74) is 20.8. The molecule has 272 valence electrons. The maximum Gasteiger partial charge on any atom is 0.0653 e. The summed E-state index contributed by atoms with van der Waals surface area (Å²) in [7, 11) is 0. The molecule has 1 spiro atoms. The van der Waals surface area contributed by atoms with Crippen LogP contribution in [-0.2, 0) is 16.2 Å². The number of anilines is 3. The Morgan fingerprint density at radius 1 is 0.527 bits per heavy atom. The van der Waals surface area contributed by atoms with Crippen molar-refractivity contribution in [2.24, 2.45) is 17.8 Å². The van der Waals surface area contributed by atoms with Crippen LogP contribution in [0.2, 0.25) is 5.02 Å². The van der Waals surface area contributed by atoms with E-state index in [1.54, 1.807) is 5.57 Å². The van der Waals surface area contributed by atoms with E-state index in [9.17, 15) is 0 Å². The van der Waals surface area contributed by atoms with Gasteiger partial charge in [-0.2, -0.15) is 0 Å². The molecule has 2 heteroatoms. The largest absolute Gasteiger partial charge is 0.309 e. The summed E-state index contributed by atoms with van der Waals surface area (Å²) >= 11 is 7.69. The molecule has 0 heterocycles. The standard InChI is InChI=1S/C53H48ClN/c1-31-23-33-25-34(24-31)53(30-32(33)2)45-18-12-9-15-39(45)42-28-49(54)50(29-48(42)53)55(35-19-21-40-37-13-7-10-16-43(37)51(3,4)46(40)26-35)36-20-22-41-38-14-8-11-17-44(38)52(5,6)47(41)27-36/h7-22,26-31,33-34H,23-25H2,1-6H3. The van der Waals surface area contributed by atoms with Crippen molar-refractivity contribution in [1.82, 2.24) is 0 Å². The normalized spacial score (nSPS) is 24.0. The van der Waals surface area contributed by atoms with Crippen LogP contribution in [-0.4, -0.2) is 0 Å². The Bertz CT molecular complexity index is 2550. The number of halogens is 1. The Morgan fingerprint density at radius 3 is 1.62 bits per heavy atom. The van der Waals surface area contributed by atoms with E-state index >= 15 is 0 Å². The van der Waals surface area contributed by atoms with Gasteiger partial charge in [-0.1, -0.05) is 143 Å². The summed E-state index contributed by atoms with van der Waals surface area (Å²) < 4.78 is 0. The van der Waals surface area contributed by atoms with E-state index in [0.717, 1.165) is 22.1 Å². The number of benzene rings is 6. The number of hydrogen-bond acceptors (Lipinski definition) is 1. The predicted molar refractivity (Wildman–Crippen MR) is 231 cm³/mol. The van der Waals surface area contributed by atoms with Crippen molar-refractivity contribution in [3.63, 3.8) is 0 Å². The van der Waals surface area contributed by atoms with Gasteiger partial charge in [-0.15, -0.1) is 0 Å². The van der Waals surface area contributed by atoms with E-state index < -0.39 is 0 Å². The quantitative estimate of drug-likeness (QED) is 0.164. The van der Waals surface area contributed by atoms with Gasteiger partial charge in [0.1, 0.15) is 0 Å². The van der Waals surface area contributed by atoms with Crippen molar-refractivity contribution in [3.8, 4) is 33.4 Å². The number of hydrogen-bond donors (Lipinski definition) is 0. The molecule has 0 radical (unpaired) electrons. The summed E-state index contributed by atoms with van der Waals surface area (Å²) in [5, 5.41) is 0.781. The number of nitrogens with zero attached hydrogens (tertiary/aromatic N) is 1. The van der Waals surface area contributed by atoms with Crippen molar-refractivity contribution in [3.05, 3.63) is 171 Å². The molecule has 6 aromatic rings. The fourth-order valence-electron chi connectivity index (χ4n) is 12.1. The van der Waals surface area contributed by atoms with E-state index in [4.69, 9.17) is 11.6 Å². The third kappa shape index (κ3) is 4.42. The molecule has 0 N–H and O–H groups in total. The van der Waals surface area contributed by atoms with Gasteiger partial charge >= 0.3 is 0 Å². The van der Waals surface area contributed by atoms with Crippen LogP contribution in [0, 0.1) is 17.8 Å². The second kappa shape index (κ2) is 11.4. The minimum atomic E-state index is -0.171. The summed E-state index contributed by atoms with van der Waals surface area (Å²) in [4.78, 5) is 2.48. The molecule has 5 aliphatic rings. The lowest BCUT2D eigenvalue weighted by atomic mass is 9.55. The lowest BCUT2D eigenvalue weighted by molar-refractivity contribution is 0.168. The van der Waals surface area contributed by atoms with Crippen LogP contribution in [0.1, 0.15) is 94.2 Å². The molecule has 4 atom stereocenters. The van der Waals surface area contributed by atoms with E-state index in [2.05, 4.69) is 174 Å². The number of rotatable bonds is 3. The zero-order valence-corrected chi connectivity index (χ0v) is 33.6. The van der Waals surface area contributed by atoms with E-state index in [1.165, 1.54) is 86.0 Å². The van der Waals surface area contributed by atoms with Crippen LogP contribution >= 0.6 is 11.6 Å². The van der Waals surface area contributed by atoms with Crippen molar-refractivity contribution < 1.29 is 0 Å². The first-order valence-electron chi connectivity index (χ1n) is 20.4. The lowest BCUT2D eigenvalue weighted by Gasteiger charge is -2.49. The minimum Gasteiger partial charge on any atom is -0.309 e. The van der Waals surface area contributed by atoms with E-state index in [-0.39, 0.29) is 16.2 Å².